The van der Waals surface area contributed by atoms with E-state index in [1.807, 2.05) is 17.9 Å². The van der Waals surface area contributed by atoms with Gasteiger partial charge in [-0.2, -0.15) is 0 Å². The molecule has 140 valence electrons. The second kappa shape index (κ2) is 8.67. The van der Waals surface area contributed by atoms with Crippen LogP contribution in [0.4, 0.5) is 4.79 Å². The molecule has 7 nitrogen and oxygen atoms in total. The molecule has 2 aliphatic rings. The summed E-state index contributed by atoms with van der Waals surface area (Å²) in [7, 11) is 0. The molecule has 3 rings (SSSR count). The van der Waals surface area contributed by atoms with Gasteiger partial charge < -0.3 is 19.6 Å². The lowest BCUT2D eigenvalue weighted by atomic mass is 10.1. The van der Waals surface area contributed by atoms with Gasteiger partial charge in [0, 0.05) is 45.3 Å². The molecule has 2 fully saturated rings. The standard InChI is InChI=1S/C18H31N5O2/c1-3-5-21-6-4-16(13-21)12-19-18(24)23-9-7-22(8-10-23)14-17-11-15(2)20-25-17/h11,16H,3-10,12-14H2,1-2H3,(H,19,24)/t16-/m1/s1. The summed E-state index contributed by atoms with van der Waals surface area (Å²) in [5, 5.41) is 7.06. The van der Waals surface area contributed by atoms with Crippen LogP contribution in [0, 0.1) is 12.8 Å². The van der Waals surface area contributed by atoms with Crippen molar-refractivity contribution in [1.82, 2.24) is 25.2 Å². The molecule has 0 radical (unpaired) electrons. The van der Waals surface area contributed by atoms with Crippen LogP contribution in [0.25, 0.3) is 0 Å². The highest BCUT2D eigenvalue weighted by Gasteiger charge is 2.25. The smallest absolute Gasteiger partial charge is 0.317 e. The highest BCUT2D eigenvalue weighted by Crippen LogP contribution is 2.15. The van der Waals surface area contributed by atoms with E-state index in [2.05, 4.69) is 27.2 Å². The van der Waals surface area contributed by atoms with Gasteiger partial charge in [-0.3, -0.25) is 4.90 Å². The number of rotatable bonds is 6. The molecule has 0 unspecified atom stereocenters. The van der Waals surface area contributed by atoms with Crippen molar-refractivity contribution in [2.24, 2.45) is 5.92 Å². The van der Waals surface area contributed by atoms with Crippen molar-refractivity contribution in [2.75, 3.05) is 52.4 Å². The fraction of sp³-hybridized carbons (Fsp3) is 0.778. The predicted octanol–water partition coefficient (Wildman–Crippen LogP) is 1.54. The maximum absolute atomic E-state index is 12.4. The van der Waals surface area contributed by atoms with Crippen LogP contribution in [0.2, 0.25) is 0 Å². The number of aromatic nitrogens is 1. The molecule has 3 heterocycles. The topological polar surface area (TPSA) is 64.9 Å². The van der Waals surface area contributed by atoms with Crippen molar-refractivity contribution in [1.29, 1.82) is 0 Å². The van der Waals surface area contributed by atoms with E-state index in [1.54, 1.807) is 0 Å². The molecule has 1 N–H and O–H groups in total. The number of nitrogens with one attached hydrogen (secondary N) is 1. The van der Waals surface area contributed by atoms with Crippen LogP contribution < -0.4 is 5.32 Å². The number of hydrogen-bond acceptors (Lipinski definition) is 5. The summed E-state index contributed by atoms with van der Waals surface area (Å²) in [6.07, 6.45) is 2.40. The summed E-state index contributed by atoms with van der Waals surface area (Å²) in [5.41, 5.74) is 0.914. The van der Waals surface area contributed by atoms with Gasteiger partial charge in [0.1, 0.15) is 0 Å². The van der Waals surface area contributed by atoms with Crippen molar-refractivity contribution in [3.63, 3.8) is 0 Å². The first kappa shape index (κ1) is 18.2. The molecule has 7 heteroatoms. The Kier molecular flexibility index (Phi) is 6.31. The fourth-order valence-corrected chi connectivity index (χ4v) is 3.76. The Morgan fingerprint density at radius 3 is 2.76 bits per heavy atom. The van der Waals surface area contributed by atoms with Gasteiger partial charge in [0.25, 0.3) is 0 Å². The number of carbonyl (C=O) groups is 1. The lowest BCUT2D eigenvalue weighted by Crippen LogP contribution is -2.52. The maximum Gasteiger partial charge on any atom is 0.317 e. The molecule has 0 spiro atoms. The molecule has 0 aliphatic carbocycles. The molecule has 2 amide bonds. The molecular formula is C18H31N5O2. The Labute approximate surface area is 150 Å². The average Bonchev–Trinajstić information content (AvgIpc) is 3.23. The second-order valence-corrected chi connectivity index (χ2v) is 7.34. The second-order valence-electron chi connectivity index (χ2n) is 7.34. The van der Waals surface area contributed by atoms with Gasteiger partial charge in [0.2, 0.25) is 0 Å². The van der Waals surface area contributed by atoms with E-state index in [-0.39, 0.29) is 6.03 Å². The highest BCUT2D eigenvalue weighted by atomic mass is 16.5. The van der Waals surface area contributed by atoms with Gasteiger partial charge >= 0.3 is 6.03 Å². The predicted molar refractivity (Wildman–Crippen MR) is 96.3 cm³/mol. The molecule has 1 aromatic rings. The number of nitrogens with zero attached hydrogens (tertiary/aromatic N) is 4. The Hall–Kier alpha value is -1.60. The molecular weight excluding hydrogens is 318 g/mol. The van der Waals surface area contributed by atoms with Crippen molar-refractivity contribution in [3.05, 3.63) is 17.5 Å². The molecule has 0 saturated carbocycles. The Morgan fingerprint density at radius 2 is 2.08 bits per heavy atom. The minimum absolute atomic E-state index is 0.0871. The molecule has 2 saturated heterocycles. The number of aryl methyl sites for hydroxylation is 1. The van der Waals surface area contributed by atoms with Crippen LogP contribution in [0.1, 0.15) is 31.2 Å². The summed E-state index contributed by atoms with van der Waals surface area (Å²) in [6, 6.07) is 2.06. The molecule has 1 aromatic heterocycles. The first-order valence-electron chi connectivity index (χ1n) is 9.53. The first-order valence-corrected chi connectivity index (χ1v) is 9.53. The van der Waals surface area contributed by atoms with E-state index >= 15 is 0 Å². The first-order chi connectivity index (χ1) is 12.1. The van der Waals surface area contributed by atoms with Crippen LogP contribution in [-0.4, -0.2) is 78.2 Å². The zero-order chi connectivity index (χ0) is 17.6. The summed E-state index contributed by atoms with van der Waals surface area (Å²) in [4.78, 5) is 19.1. The van der Waals surface area contributed by atoms with Crippen molar-refractivity contribution in [3.8, 4) is 0 Å². The third-order valence-electron chi connectivity index (χ3n) is 5.17. The number of carbonyl (C=O) groups excluding carboxylic acids is 1. The summed E-state index contributed by atoms with van der Waals surface area (Å²) >= 11 is 0. The highest BCUT2D eigenvalue weighted by molar-refractivity contribution is 5.74. The van der Waals surface area contributed by atoms with Gasteiger partial charge in [-0.15, -0.1) is 0 Å². The molecule has 1 atom stereocenters. The maximum atomic E-state index is 12.4. The summed E-state index contributed by atoms with van der Waals surface area (Å²) < 4.78 is 5.27. The average molecular weight is 349 g/mol. The normalized spacial score (nSPS) is 22.5. The van der Waals surface area contributed by atoms with Crippen LogP contribution in [0.3, 0.4) is 0 Å². The number of urea groups is 1. The van der Waals surface area contributed by atoms with Crippen LogP contribution >= 0.6 is 0 Å². The molecule has 0 bridgehead atoms. The lowest BCUT2D eigenvalue weighted by molar-refractivity contribution is 0.127. The number of likely N-dealkylation sites (tertiary alicyclic amines) is 1. The van der Waals surface area contributed by atoms with E-state index in [0.29, 0.717) is 5.92 Å². The third kappa shape index (κ3) is 5.19. The molecule has 25 heavy (non-hydrogen) atoms. The zero-order valence-electron chi connectivity index (χ0n) is 15.5. The SMILES string of the molecule is CCCN1CC[C@H](CNC(=O)N2CCN(Cc3cc(C)no3)CC2)C1. The van der Waals surface area contributed by atoms with Gasteiger partial charge in [0.05, 0.1) is 12.2 Å². The summed E-state index contributed by atoms with van der Waals surface area (Å²) in [5.74, 6) is 1.50. The van der Waals surface area contributed by atoms with E-state index in [0.717, 1.165) is 57.3 Å². The number of piperazine rings is 1. The Morgan fingerprint density at radius 1 is 1.28 bits per heavy atom. The van der Waals surface area contributed by atoms with Gasteiger partial charge in [-0.25, -0.2) is 4.79 Å². The van der Waals surface area contributed by atoms with Crippen LogP contribution in [0.15, 0.2) is 10.6 Å². The van der Waals surface area contributed by atoms with E-state index in [4.69, 9.17) is 4.52 Å². The van der Waals surface area contributed by atoms with E-state index in [9.17, 15) is 4.79 Å². The minimum Gasteiger partial charge on any atom is -0.360 e. The van der Waals surface area contributed by atoms with Crippen molar-refractivity contribution < 1.29 is 9.32 Å². The molecule has 2 aliphatic heterocycles. The monoisotopic (exact) mass is 349 g/mol. The number of hydrogen-bond donors (Lipinski definition) is 1. The third-order valence-corrected chi connectivity index (χ3v) is 5.17. The fourth-order valence-electron chi connectivity index (χ4n) is 3.76. The van der Waals surface area contributed by atoms with E-state index in [1.165, 1.54) is 25.9 Å². The quantitative estimate of drug-likeness (QED) is 0.844. The van der Waals surface area contributed by atoms with Gasteiger partial charge in [-0.1, -0.05) is 12.1 Å². The van der Waals surface area contributed by atoms with Gasteiger partial charge in [-0.05, 0) is 38.8 Å². The Bertz CT molecular complexity index is 553. The lowest BCUT2D eigenvalue weighted by Gasteiger charge is -2.34. The van der Waals surface area contributed by atoms with Crippen molar-refractivity contribution in [2.45, 2.75) is 33.2 Å². The largest absolute Gasteiger partial charge is 0.360 e. The van der Waals surface area contributed by atoms with Gasteiger partial charge in [0.15, 0.2) is 5.76 Å². The van der Waals surface area contributed by atoms with Crippen LogP contribution in [-0.2, 0) is 6.54 Å². The zero-order valence-corrected chi connectivity index (χ0v) is 15.5. The van der Waals surface area contributed by atoms with E-state index < -0.39 is 0 Å². The van der Waals surface area contributed by atoms with Crippen LogP contribution in [0.5, 0.6) is 0 Å². The minimum atomic E-state index is 0.0871. The number of amides is 2. The Balaban J connectivity index is 1.34. The van der Waals surface area contributed by atoms with Crippen molar-refractivity contribution >= 4 is 6.03 Å². The summed E-state index contributed by atoms with van der Waals surface area (Å²) in [6.45, 7) is 12.5. The molecule has 0 aromatic carbocycles.